The molecule has 2 aromatic carbocycles. The van der Waals surface area contributed by atoms with Gasteiger partial charge >= 0.3 is 11.9 Å². The summed E-state index contributed by atoms with van der Waals surface area (Å²) in [5.74, 6) is -3.08. The van der Waals surface area contributed by atoms with E-state index in [1.165, 1.54) is 5.56 Å². The SMILES string of the molecule is O=C(O)C(CC/C=C/CCc1ccc(OCc2ccccc2)cc1)C(=O)O. The Morgan fingerprint density at radius 1 is 0.852 bits per heavy atom. The molecule has 2 N–H and O–H groups in total. The van der Waals surface area contributed by atoms with Crippen molar-refractivity contribution in [2.24, 2.45) is 5.92 Å². The standard InChI is InChI=1S/C22H24O5/c23-21(24)20(22(25)26)11-7-2-1-4-8-17-12-14-19(15-13-17)27-16-18-9-5-3-6-10-18/h1-3,5-6,9-10,12-15,20H,4,7-8,11,16H2,(H,23,24)(H,25,26)/b2-1+. The Kier molecular flexibility index (Phi) is 8.10. The molecule has 0 aliphatic rings. The first-order chi connectivity index (χ1) is 13.1. The molecule has 2 aromatic rings. The minimum absolute atomic E-state index is 0.106. The molecule has 0 aromatic heterocycles. The van der Waals surface area contributed by atoms with Gasteiger partial charge < -0.3 is 14.9 Å². The van der Waals surface area contributed by atoms with Gasteiger partial charge in [-0.2, -0.15) is 0 Å². The van der Waals surface area contributed by atoms with Crippen LogP contribution in [0.15, 0.2) is 66.7 Å². The van der Waals surface area contributed by atoms with Crippen LogP contribution < -0.4 is 4.74 Å². The number of rotatable bonds is 11. The Morgan fingerprint density at radius 3 is 2.11 bits per heavy atom. The van der Waals surface area contributed by atoms with Crippen molar-refractivity contribution in [3.05, 3.63) is 77.9 Å². The van der Waals surface area contributed by atoms with Crippen LogP contribution in [0.2, 0.25) is 0 Å². The smallest absolute Gasteiger partial charge is 0.317 e. The van der Waals surface area contributed by atoms with Gasteiger partial charge in [0.05, 0.1) is 0 Å². The van der Waals surface area contributed by atoms with Gasteiger partial charge in [-0.15, -0.1) is 0 Å². The maximum absolute atomic E-state index is 10.8. The Labute approximate surface area is 158 Å². The zero-order valence-corrected chi connectivity index (χ0v) is 15.1. The summed E-state index contributed by atoms with van der Waals surface area (Å²) >= 11 is 0. The van der Waals surface area contributed by atoms with Gasteiger partial charge in [0.2, 0.25) is 0 Å². The maximum Gasteiger partial charge on any atom is 0.317 e. The number of carboxylic acids is 2. The fourth-order valence-corrected chi connectivity index (χ4v) is 2.59. The van der Waals surface area contributed by atoms with E-state index in [1.54, 1.807) is 0 Å². The van der Waals surface area contributed by atoms with E-state index >= 15 is 0 Å². The van der Waals surface area contributed by atoms with Crippen molar-refractivity contribution >= 4 is 11.9 Å². The van der Waals surface area contributed by atoms with Gasteiger partial charge in [0.25, 0.3) is 0 Å². The van der Waals surface area contributed by atoms with Crippen molar-refractivity contribution in [1.29, 1.82) is 0 Å². The van der Waals surface area contributed by atoms with Crippen LogP contribution >= 0.6 is 0 Å². The molecule has 0 amide bonds. The summed E-state index contributed by atoms with van der Waals surface area (Å²) in [6, 6.07) is 17.9. The highest BCUT2D eigenvalue weighted by molar-refractivity contribution is 5.92. The molecule has 0 saturated heterocycles. The third kappa shape index (κ3) is 7.36. The first-order valence-electron chi connectivity index (χ1n) is 8.92. The largest absolute Gasteiger partial charge is 0.489 e. The summed E-state index contributed by atoms with van der Waals surface area (Å²) in [7, 11) is 0. The zero-order chi connectivity index (χ0) is 19.5. The van der Waals surface area contributed by atoms with Gasteiger partial charge in [0.1, 0.15) is 12.4 Å². The molecule has 0 fully saturated rings. The number of carboxylic acid groups (broad SMARTS) is 2. The molecule has 0 heterocycles. The minimum Gasteiger partial charge on any atom is -0.489 e. The van der Waals surface area contributed by atoms with E-state index < -0.39 is 17.9 Å². The molecule has 5 heteroatoms. The number of carbonyl (C=O) groups is 2. The lowest BCUT2D eigenvalue weighted by Gasteiger charge is -2.07. The summed E-state index contributed by atoms with van der Waals surface area (Å²) in [4.78, 5) is 21.6. The van der Waals surface area contributed by atoms with Gasteiger partial charge in [0, 0.05) is 0 Å². The third-order valence-electron chi connectivity index (χ3n) is 4.16. The number of aliphatic carboxylic acids is 2. The molecule has 0 aliphatic carbocycles. The van der Waals surface area contributed by atoms with E-state index in [4.69, 9.17) is 14.9 Å². The average Bonchev–Trinajstić information content (AvgIpc) is 2.67. The highest BCUT2D eigenvalue weighted by Gasteiger charge is 2.24. The lowest BCUT2D eigenvalue weighted by atomic mass is 10.0. The number of hydrogen-bond acceptors (Lipinski definition) is 3. The summed E-state index contributed by atoms with van der Waals surface area (Å²) < 4.78 is 5.76. The lowest BCUT2D eigenvalue weighted by molar-refractivity contribution is -0.154. The minimum atomic E-state index is -1.34. The van der Waals surface area contributed by atoms with Crippen LogP contribution in [0.3, 0.4) is 0 Å². The number of ether oxygens (including phenoxy) is 1. The van der Waals surface area contributed by atoms with Crippen molar-refractivity contribution in [2.45, 2.75) is 32.3 Å². The van der Waals surface area contributed by atoms with E-state index in [0.717, 1.165) is 24.2 Å². The molecule has 0 aliphatic heterocycles. The molecule has 142 valence electrons. The van der Waals surface area contributed by atoms with E-state index in [9.17, 15) is 9.59 Å². The van der Waals surface area contributed by atoms with Crippen molar-refractivity contribution in [3.8, 4) is 5.75 Å². The topological polar surface area (TPSA) is 83.8 Å². The summed E-state index contributed by atoms with van der Waals surface area (Å²) in [5, 5.41) is 17.6. The van der Waals surface area contributed by atoms with Crippen molar-refractivity contribution in [1.82, 2.24) is 0 Å². The molecule has 0 unspecified atom stereocenters. The van der Waals surface area contributed by atoms with E-state index in [0.29, 0.717) is 13.0 Å². The van der Waals surface area contributed by atoms with Gasteiger partial charge in [-0.05, 0) is 48.9 Å². The van der Waals surface area contributed by atoms with Crippen LogP contribution in [0.25, 0.3) is 0 Å². The second kappa shape index (κ2) is 10.8. The Hall–Kier alpha value is -3.08. The summed E-state index contributed by atoms with van der Waals surface area (Å²) in [6.45, 7) is 0.538. The molecule has 27 heavy (non-hydrogen) atoms. The summed E-state index contributed by atoms with van der Waals surface area (Å²) in [5.41, 5.74) is 2.31. The van der Waals surface area contributed by atoms with Crippen molar-refractivity contribution in [3.63, 3.8) is 0 Å². The quantitative estimate of drug-likeness (QED) is 0.456. The lowest BCUT2D eigenvalue weighted by Crippen LogP contribution is -2.22. The van der Waals surface area contributed by atoms with Gasteiger partial charge in [-0.1, -0.05) is 54.6 Å². The van der Waals surface area contributed by atoms with Crippen molar-refractivity contribution < 1.29 is 24.5 Å². The Morgan fingerprint density at radius 2 is 1.48 bits per heavy atom. The fraction of sp³-hybridized carbons (Fsp3) is 0.273. The van der Waals surface area contributed by atoms with Crippen LogP contribution in [0.4, 0.5) is 0 Å². The number of hydrogen-bond donors (Lipinski definition) is 2. The van der Waals surface area contributed by atoms with Gasteiger partial charge in [-0.3, -0.25) is 9.59 Å². The number of benzene rings is 2. The van der Waals surface area contributed by atoms with Crippen LogP contribution in [-0.2, 0) is 22.6 Å². The molecule has 5 nitrogen and oxygen atoms in total. The number of allylic oxidation sites excluding steroid dienone is 2. The second-order valence-electron chi connectivity index (χ2n) is 6.23. The highest BCUT2D eigenvalue weighted by Crippen LogP contribution is 2.15. The summed E-state index contributed by atoms with van der Waals surface area (Å²) in [6.07, 6.45) is 6.02. The zero-order valence-electron chi connectivity index (χ0n) is 15.1. The molecule has 0 saturated carbocycles. The third-order valence-corrected chi connectivity index (χ3v) is 4.16. The second-order valence-corrected chi connectivity index (χ2v) is 6.23. The molecule has 0 spiro atoms. The van der Waals surface area contributed by atoms with Crippen LogP contribution in [0, 0.1) is 5.92 Å². The average molecular weight is 368 g/mol. The van der Waals surface area contributed by atoms with E-state index in [1.807, 2.05) is 66.7 Å². The van der Waals surface area contributed by atoms with Crippen LogP contribution in [0.5, 0.6) is 5.75 Å². The van der Waals surface area contributed by atoms with Crippen LogP contribution in [-0.4, -0.2) is 22.2 Å². The van der Waals surface area contributed by atoms with E-state index in [2.05, 4.69) is 0 Å². The fourth-order valence-electron chi connectivity index (χ4n) is 2.59. The first-order valence-corrected chi connectivity index (χ1v) is 8.92. The molecule has 2 rings (SSSR count). The maximum atomic E-state index is 10.8. The van der Waals surface area contributed by atoms with Gasteiger partial charge in [0.15, 0.2) is 5.92 Å². The predicted octanol–water partition coefficient (Wildman–Crippen LogP) is 4.32. The van der Waals surface area contributed by atoms with E-state index in [-0.39, 0.29) is 6.42 Å². The molecule has 0 radical (unpaired) electrons. The Balaban J connectivity index is 1.69. The Bertz CT molecular complexity index is 736. The normalized spacial score (nSPS) is 11.0. The molecular weight excluding hydrogens is 344 g/mol. The van der Waals surface area contributed by atoms with Crippen molar-refractivity contribution in [2.75, 3.05) is 0 Å². The predicted molar refractivity (Wildman–Crippen MR) is 103 cm³/mol. The first kappa shape index (κ1) is 20.2. The molecule has 0 bridgehead atoms. The molecular formula is C22H24O5. The van der Waals surface area contributed by atoms with Gasteiger partial charge in [-0.25, -0.2) is 0 Å². The van der Waals surface area contributed by atoms with Crippen LogP contribution in [0.1, 0.15) is 30.4 Å². The number of aryl methyl sites for hydroxylation is 1. The molecule has 0 atom stereocenters. The highest BCUT2D eigenvalue weighted by atomic mass is 16.5. The monoisotopic (exact) mass is 368 g/mol.